The maximum absolute atomic E-state index is 11.6. The van der Waals surface area contributed by atoms with E-state index in [0.29, 0.717) is 4.90 Å². The molecule has 0 aromatic carbocycles. The van der Waals surface area contributed by atoms with Crippen LogP contribution in [0.15, 0.2) is 0 Å². The molecular weight excluding hydrogens is 158 g/mol. The van der Waals surface area contributed by atoms with Gasteiger partial charge in [0.15, 0.2) is 0 Å². The van der Waals surface area contributed by atoms with Gasteiger partial charge in [-0.3, -0.25) is 9.59 Å². The van der Waals surface area contributed by atoms with Crippen molar-refractivity contribution in [2.75, 3.05) is 13.6 Å². The van der Waals surface area contributed by atoms with E-state index in [1.54, 1.807) is 0 Å². The third kappa shape index (κ3) is 3.49. The molecule has 0 aliphatic carbocycles. The maximum Gasteiger partial charge on any atom is 0.315 e. The average Bonchev–Trinajstić information content (AvgIpc) is 1.84. The van der Waals surface area contributed by atoms with E-state index in [1.807, 2.05) is 0 Å². The fourth-order valence-corrected chi connectivity index (χ4v) is 0.478. The quantitative estimate of drug-likeness (QED) is 0.596. The van der Waals surface area contributed by atoms with Gasteiger partial charge in [-0.05, 0) is 0 Å². The van der Waals surface area contributed by atoms with Gasteiger partial charge in [-0.1, -0.05) is 0 Å². The van der Waals surface area contributed by atoms with Crippen LogP contribution in [-0.4, -0.2) is 36.7 Å². The van der Waals surface area contributed by atoms with Crippen LogP contribution >= 0.6 is 0 Å². The number of likely N-dealkylation sites (N-methyl/N-ethyl adjacent to an activating group) is 1. The summed E-state index contributed by atoms with van der Waals surface area (Å²) >= 11 is 0. The van der Waals surface area contributed by atoms with Crippen LogP contribution in [0.5, 0.6) is 0 Å². The fourth-order valence-electron chi connectivity index (χ4n) is 0.478. The van der Waals surface area contributed by atoms with Crippen molar-refractivity contribution in [2.45, 2.75) is 6.43 Å². The number of hydrogen-bond acceptors (Lipinski definition) is 2. The second-order valence-electron chi connectivity index (χ2n) is 1.96. The van der Waals surface area contributed by atoms with Crippen LogP contribution in [0.4, 0.5) is 8.78 Å². The third-order valence-corrected chi connectivity index (χ3v) is 0.956. The number of carbonyl (C=O) groups is 2. The van der Waals surface area contributed by atoms with Gasteiger partial charge in [-0.15, -0.1) is 0 Å². The highest BCUT2D eigenvalue weighted by Crippen LogP contribution is 1.97. The Morgan fingerprint density at radius 3 is 2.27 bits per heavy atom. The summed E-state index contributed by atoms with van der Waals surface area (Å²) < 4.78 is 23.2. The molecule has 0 atom stereocenters. The van der Waals surface area contributed by atoms with Gasteiger partial charge in [0.25, 0.3) is 5.91 Å². The molecule has 0 unspecified atom stereocenters. The number of hydrogen-bond donors (Lipinski definition) is 1. The van der Waals surface area contributed by atoms with Crippen LogP contribution in [-0.2, 0) is 9.59 Å². The van der Waals surface area contributed by atoms with Crippen LogP contribution < -0.4 is 5.73 Å². The minimum atomic E-state index is -3.08. The van der Waals surface area contributed by atoms with Gasteiger partial charge in [0.05, 0.1) is 6.54 Å². The summed E-state index contributed by atoms with van der Waals surface area (Å²) in [6, 6.07) is 0. The van der Waals surface area contributed by atoms with Crippen molar-refractivity contribution in [1.82, 2.24) is 4.90 Å². The molecule has 0 radical (unpaired) electrons. The minimum absolute atomic E-state index is 0.483. The van der Waals surface area contributed by atoms with E-state index in [-0.39, 0.29) is 0 Å². The number of alkyl halides is 2. The van der Waals surface area contributed by atoms with Crippen molar-refractivity contribution in [3.8, 4) is 0 Å². The lowest BCUT2D eigenvalue weighted by atomic mass is 10.5. The van der Waals surface area contributed by atoms with E-state index >= 15 is 0 Å². The Kier molecular flexibility index (Phi) is 3.43. The first kappa shape index (κ1) is 9.80. The second-order valence-corrected chi connectivity index (χ2v) is 1.96. The zero-order valence-corrected chi connectivity index (χ0v) is 5.88. The Labute approximate surface area is 62.0 Å². The first-order valence-electron chi connectivity index (χ1n) is 2.76. The number of nitrogens with zero attached hydrogens (tertiary/aromatic N) is 1. The maximum atomic E-state index is 11.6. The van der Waals surface area contributed by atoms with Gasteiger partial charge in [0.2, 0.25) is 5.91 Å². The van der Waals surface area contributed by atoms with Crippen molar-refractivity contribution in [2.24, 2.45) is 5.73 Å². The Bertz CT molecular complexity index is 172. The lowest BCUT2D eigenvalue weighted by molar-refractivity contribution is -0.143. The summed E-state index contributed by atoms with van der Waals surface area (Å²) in [5, 5.41) is 0. The molecule has 0 heterocycles. The number of amides is 2. The molecule has 64 valence electrons. The monoisotopic (exact) mass is 166 g/mol. The number of carbonyl (C=O) groups excluding carboxylic acids is 2. The molecule has 0 aliphatic rings. The second kappa shape index (κ2) is 3.85. The van der Waals surface area contributed by atoms with Gasteiger partial charge < -0.3 is 10.6 Å². The van der Waals surface area contributed by atoms with E-state index in [4.69, 9.17) is 0 Å². The van der Waals surface area contributed by atoms with Crippen LogP contribution in [0.1, 0.15) is 0 Å². The number of halogens is 2. The Balaban J connectivity index is 3.93. The van der Waals surface area contributed by atoms with Crippen LogP contribution in [0, 0.1) is 0 Å². The van der Waals surface area contributed by atoms with Gasteiger partial charge in [-0.25, -0.2) is 0 Å². The molecule has 2 amide bonds. The number of primary amides is 1. The summed E-state index contributed by atoms with van der Waals surface area (Å²) in [6.07, 6.45) is -3.08. The smallest absolute Gasteiger partial charge is 0.315 e. The molecule has 0 saturated heterocycles. The molecule has 0 spiro atoms. The van der Waals surface area contributed by atoms with Crippen molar-refractivity contribution in [3.05, 3.63) is 0 Å². The van der Waals surface area contributed by atoms with Crippen LogP contribution in [0.25, 0.3) is 0 Å². The summed E-state index contributed by atoms with van der Waals surface area (Å²) in [6.45, 7) is -0.483. The topological polar surface area (TPSA) is 63.4 Å². The molecule has 0 rings (SSSR count). The molecule has 0 bridgehead atoms. The molecule has 4 nitrogen and oxygen atoms in total. The SMILES string of the molecule is CN(CC(N)=O)C(=O)C(F)F. The fraction of sp³-hybridized carbons (Fsp3) is 0.600. The molecule has 0 aromatic heterocycles. The highest BCUT2D eigenvalue weighted by Gasteiger charge is 2.20. The van der Waals surface area contributed by atoms with E-state index in [1.165, 1.54) is 0 Å². The molecule has 0 saturated carbocycles. The van der Waals surface area contributed by atoms with Gasteiger partial charge >= 0.3 is 6.43 Å². The first-order valence-corrected chi connectivity index (χ1v) is 2.76. The van der Waals surface area contributed by atoms with Crippen molar-refractivity contribution in [3.63, 3.8) is 0 Å². The Morgan fingerprint density at radius 2 is 2.00 bits per heavy atom. The van der Waals surface area contributed by atoms with E-state index in [2.05, 4.69) is 5.73 Å². The summed E-state index contributed by atoms with van der Waals surface area (Å²) in [5.41, 5.74) is 4.65. The molecular formula is C5H8F2N2O2. The highest BCUT2D eigenvalue weighted by molar-refractivity contribution is 5.85. The van der Waals surface area contributed by atoms with Gasteiger partial charge in [0, 0.05) is 7.05 Å². The normalized spacial score (nSPS) is 9.82. The Hall–Kier alpha value is -1.20. The molecule has 0 aromatic rings. The third-order valence-electron chi connectivity index (χ3n) is 0.956. The molecule has 2 N–H and O–H groups in total. The van der Waals surface area contributed by atoms with Gasteiger partial charge in [0.1, 0.15) is 0 Å². The van der Waals surface area contributed by atoms with Gasteiger partial charge in [-0.2, -0.15) is 8.78 Å². The summed E-state index contributed by atoms with van der Waals surface area (Å²) in [5.74, 6) is -2.22. The predicted molar refractivity (Wildman–Crippen MR) is 32.8 cm³/mol. The molecule has 0 aliphatic heterocycles. The van der Waals surface area contributed by atoms with Crippen molar-refractivity contribution < 1.29 is 18.4 Å². The highest BCUT2D eigenvalue weighted by atomic mass is 19.3. The lowest BCUT2D eigenvalue weighted by Crippen LogP contribution is -2.38. The van der Waals surface area contributed by atoms with E-state index in [0.717, 1.165) is 7.05 Å². The summed E-state index contributed by atoms with van der Waals surface area (Å²) in [4.78, 5) is 21.0. The van der Waals surface area contributed by atoms with Crippen LogP contribution in [0.3, 0.4) is 0 Å². The predicted octanol–water partition coefficient (Wildman–Crippen LogP) is -0.805. The van der Waals surface area contributed by atoms with Crippen molar-refractivity contribution >= 4 is 11.8 Å². The standard InChI is InChI=1S/C5H8F2N2O2/c1-9(2-3(8)10)5(11)4(6)7/h4H,2H2,1H3,(H2,8,10). The largest absolute Gasteiger partial charge is 0.368 e. The average molecular weight is 166 g/mol. The zero-order chi connectivity index (χ0) is 9.02. The van der Waals surface area contributed by atoms with E-state index < -0.39 is 24.8 Å². The lowest BCUT2D eigenvalue weighted by Gasteiger charge is -2.13. The molecule has 0 fully saturated rings. The molecule has 11 heavy (non-hydrogen) atoms. The number of rotatable bonds is 3. The van der Waals surface area contributed by atoms with Crippen molar-refractivity contribution in [1.29, 1.82) is 0 Å². The van der Waals surface area contributed by atoms with Crippen LogP contribution in [0.2, 0.25) is 0 Å². The first-order chi connectivity index (χ1) is 4.95. The number of nitrogens with two attached hydrogens (primary N) is 1. The minimum Gasteiger partial charge on any atom is -0.368 e. The summed E-state index contributed by atoms with van der Waals surface area (Å²) in [7, 11) is 1.08. The molecule has 6 heteroatoms. The Morgan fingerprint density at radius 1 is 1.55 bits per heavy atom. The zero-order valence-electron chi connectivity index (χ0n) is 5.88. The van der Waals surface area contributed by atoms with E-state index in [9.17, 15) is 18.4 Å².